The lowest BCUT2D eigenvalue weighted by atomic mass is 10.5. The van der Waals surface area contributed by atoms with Crippen LogP contribution in [-0.4, -0.2) is 14.6 Å². The molecule has 0 N–H and O–H groups in total. The Balaban J connectivity index is 2.88. The third kappa shape index (κ3) is 1.21. The van der Waals surface area contributed by atoms with Crippen molar-refractivity contribution in [3.05, 3.63) is 27.6 Å². The maximum atomic E-state index is 5.74. The number of aryl methyl sites for hydroxylation is 1. The third-order valence-electron chi connectivity index (χ3n) is 1.47. The monoisotopic (exact) mass is 245 g/mol. The minimum absolute atomic E-state index is 0.451. The van der Waals surface area contributed by atoms with E-state index in [4.69, 9.17) is 11.6 Å². The predicted octanol–water partition coefficient (Wildman–Crippen LogP) is 2.45. The average Bonchev–Trinajstić information content (AvgIpc) is 2.29. The quantitative estimate of drug-likeness (QED) is 0.715. The van der Waals surface area contributed by atoms with Gasteiger partial charge in [0, 0.05) is 0 Å². The fourth-order valence-electron chi connectivity index (χ4n) is 1.03. The van der Waals surface area contributed by atoms with Gasteiger partial charge in [-0.2, -0.15) is 5.10 Å². The van der Waals surface area contributed by atoms with Crippen LogP contribution in [0.3, 0.4) is 0 Å². The van der Waals surface area contributed by atoms with Crippen LogP contribution in [0.15, 0.2) is 16.7 Å². The first-order chi connectivity index (χ1) is 5.66. The zero-order valence-electron chi connectivity index (χ0n) is 6.25. The highest BCUT2D eigenvalue weighted by Crippen LogP contribution is 2.19. The van der Waals surface area contributed by atoms with Crippen LogP contribution >= 0.6 is 27.5 Å². The van der Waals surface area contributed by atoms with E-state index in [0.717, 1.165) is 15.8 Å². The van der Waals surface area contributed by atoms with Crippen molar-refractivity contribution in [3.63, 3.8) is 0 Å². The van der Waals surface area contributed by atoms with Gasteiger partial charge in [-0.25, -0.2) is 9.50 Å². The average molecular weight is 246 g/mol. The highest BCUT2D eigenvalue weighted by Gasteiger charge is 2.04. The van der Waals surface area contributed by atoms with Crippen molar-refractivity contribution in [1.82, 2.24) is 14.6 Å². The van der Waals surface area contributed by atoms with Crippen molar-refractivity contribution in [2.45, 2.75) is 6.92 Å². The molecular weight excluding hydrogens is 241 g/mol. The predicted molar refractivity (Wildman–Crippen MR) is 50.4 cm³/mol. The Morgan fingerprint density at radius 3 is 3.08 bits per heavy atom. The Kier molecular flexibility index (Phi) is 1.81. The summed E-state index contributed by atoms with van der Waals surface area (Å²) in [5.41, 5.74) is 1.71. The first kappa shape index (κ1) is 8.01. The minimum Gasteiger partial charge on any atom is -0.231 e. The van der Waals surface area contributed by atoms with E-state index in [-0.39, 0.29) is 0 Å². The van der Waals surface area contributed by atoms with E-state index < -0.39 is 0 Å². The summed E-state index contributed by atoms with van der Waals surface area (Å²) in [4.78, 5) is 4.25. The molecule has 0 spiro atoms. The molecule has 0 atom stereocenters. The van der Waals surface area contributed by atoms with E-state index in [2.05, 4.69) is 26.0 Å². The zero-order valence-corrected chi connectivity index (χ0v) is 8.59. The smallest absolute Gasteiger partial charge is 0.168 e. The van der Waals surface area contributed by atoms with Gasteiger partial charge in [0.25, 0.3) is 0 Å². The van der Waals surface area contributed by atoms with E-state index in [1.807, 2.05) is 13.1 Å². The first-order valence-electron chi connectivity index (χ1n) is 3.35. The number of imidazole rings is 1. The minimum atomic E-state index is 0.451. The molecule has 2 aromatic heterocycles. The van der Waals surface area contributed by atoms with Crippen molar-refractivity contribution >= 4 is 33.2 Å². The van der Waals surface area contributed by atoms with Crippen LogP contribution in [0.4, 0.5) is 0 Å². The van der Waals surface area contributed by atoms with Crippen molar-refractivity contribution in [2.75, 3.05) is 0 Å². The lowest BCUT2D eigenvalue weighted by Gasteiger charge is -1.94. The maximum Gasteiger partial charge on any atom is 0.168 e. The second kappa shape index (κ2) is 2.71. The third-order valence-corrected chi connectivity index (χ3v) is 2.24. The molecule has 5 heteroatoms. The molecule has 0 amide bonds. The van der Waals surface area contributed by atoms with Crippen LogP contribution in [0.2, 0.25) is 5.15 Å². The van der Waals surface area contributed by atoms with E-state index in [1.54, 1.807) is 10.6 Å². The van der Waals surface area contributed by atoms with Gasteiger partial charge in [-0.3, -0.25) is 0 Å². The van der Waals surface area contributed by atoms with Crippen LogP contribution in [0.25, 0.3) is 5.65 Å². The fraction of sp³-hybridized carbons (Fsp3) is 0.143. The number of hydrogen-bond donors (Lipinski definition) is 0. The van der Waals surface area contributed by atoms with E-state index in [0.29, 0.717) is 5.15 Å². The Morgan fingerprint density at radius 2 is 2.33 bits per heavy atom. The van der Waals surface area contributed by atoms with Crippen molar-refractivity contribution in [3.8, 4) is 0 Å². The Labute approximate surface area is 82.5 Å². The molecule has 0 aliphatic rings. The summed E-state index contributed by atoms with van der Waals surface area (Å²) < 4.78 is 2.51. The summed E-state index contributed by atoms with van der Waals surface area (Å²) >= 11 is 9.10. The number of aromatic nitrogens is 3. The summed E-state index contributed by atoms with van der Waals surface area (Å²) in [6, 6.07) is 1.73. The first-order valence-corrected chi connectivity index (χ1v) is 4.52. The van der Waals surface area contributed by atoms with Crippen molar-refractivity contribution < 1.29 is 0 Å². The molecule has 2 rings (SSSR count). The molecule has 0 aliphatic heterocycles. The lowest BCUT2D eigenvalue weighted by molar-refractivity contribution is 0.931. The molecule has 0 radical (unpaired) electrons. The normalized spacial score (nSPS) is 10.9. The standard InChI is InChI=1S/C7H5BrClN3/c1-4-3-12-7(10-4)5(8)2-6(9)11-12/h2-3H,1H3. The van der Waals surface area contributed by atoms with Crippen molar-refractivity contribution in [2.24, 2.45) is 0 Å². The largest absolute Gasteiger partial charge is 0.231 e. The van der Waals surface area contributed by atoms with Gasteiger partial charge in [0.05, 0.1) is 16.4 Å². The number of halogens is 2. The zero-order chi connectivity index (χ0) is 8.72. The molecule has 2 aromatic rings. The Morgan fingerprint density at radius 1 is 1.58 bits per heavy atom. The number of fused-ring (bicyclic) bond motifs is 1. The van der Waals surface area contributed by atoms with Crippen LogP contribution in [-0.2, 0) is 0 Å². The second-order valence-corrected chi connectivity index (χ2v) is 3.71. The molecule has 0 saturated heterocycles. The topological polar surface area (TPSA) is 30.2 Å². The summed E-state index contributed by atoms with van der Waals surface area (Å²) in [5, 5.41) is 4.50. The number of hydrogen-bond acceptors (Lipinski definition) is 2. The van der Waals surface area contributed by atoms with E-state index in [1.165, 1.54) is 0 Å². The molecule has 0 aliphatic carbocycles. The SMILES string of the molecule is Cc1cn2nc(Cl)cc(Br)c2n1. The molecule has 3 nitrogen and oxygen atoms in total. The van der Waals surface area contributed by atoms with Gasteiger partial charge >= 0.3 is 0 Å². The maximum absolute atomic E-state index is 5.74. The molecule has 0 bridgehead atoms. The molecule has 0 fully saturated rings. The van der Waals surface area contributed by atoms with Gasteiger partial charge in [-0.15, -0.1) is 0 Å². The summed E-state index contributed by atoms with van der Waals surface area (Å²) in [7, 11) is 0. The van der Waals surface area contributed by atoms with Crippen LogP contribution < -0.4 is 0 Å². The highest BCUT2D eigenvalue weighted by atomic mass is 79.9. The van der Waals surface area contributed by atoms with Gasteiger partial charge in [0.1, 0.15) is 0 Å². The highest BCUT2D eigenvalue weighted by molar-refractivity contribution is 9.10. The molecule has 0 saturated carbocycles. The van der Waals surface area contributed by atoms with Gasteiger partial charge in [-0.05, 0) is 28.9 Å². The molecule has 2 heterocycles. The molecule has 0 aromatic carbocycles. The molecule has 0 unspecified atom stereocenters. The van der Waals surface area contributed by atoms with Crippen LogP contribution in [0, 0.1) is 6.92 Å². The second-order valence-electron chi connectivity index (χ2n) is 2.47. The Bertz CT molecular complexity index is 437. The summed E-state index contributed by atoms with van der Waals surface area (Å²) in [6.07, 6.45) is 1.83. The number of rotatable bonds is 0. The van der Waals surface area contributed by atoms with E-state index in [9.17, 15) is 0 Å². The van der Waals surface area contributed by atoms with Crippen molar-refractivity contribution in [1.29, 1.82) is 0 Å². The summed E-state index contributed by atoms with van der Waals surface area (Å²) in [5.74, 6) is 0. The Hall–Kier alpha value is -0.610. The van der Waals surface area contributed by atoms with Gasteiger partial charge < -0.3 is 0 Å². The fourth-order valence-corrected chi connectivity index (χ4v) is 1.83. The van der Waals surface area contributed by atoms with Crippen LogP contribution in [0.1, 0.15) is 5.69 Å². The van der Waals surface area contributed by atoms with Crippen LogP contribution in [0.5, 0.6) is 0 Å². The molecule has 12 heavy (non-hydrogen) atoms. The lowest BCUT2D eigenvalue weighted by Crippen LogP contribution is -1.90. The van der Waals surface area contributed by atoms with Gasteiger partial charge in [0.2, 0.25) is 0 Å². The summed E-state index contributed by atoms with van der Waals surface area (Å²) in [6.45, 7) is 1.91. The molecular formula is C7H5BrClN3. The van der Waals surface area contributed by atoms with E-state index >= 15 is 0 Å². The van der Waals surface area contributed by atoms with Gasteiger partial charge in [0.15, 0.2) is 10.8 Å². The number of nitrogens with zero attached hydrogens (tertiary/aromatic N) is 3. The molecule has 62 valence electrons. The van der Waals surface area contributed by atoms with Gasteiger partial charge in [-0.1, -0.05) is 11.6 Å².